The normalized spacial score (nSPS) is 13.2. The number of hydrogen-bond donors (Lipinski definition) is 1. The SMILES string of the molecule is CC(=O)OCCCCO.CCC(C)OC(C)CC. The third-order valence-electron chi connectivity index (χ3n) is 2.47. The number of esters is 1. The first-order valence-electron chi connectivity index (χ1n) is 6.87. The van der Waals surface area contributed by atoms with E-state index in [0.29, 0.717) is 25.2 Å². The number of hydrogen-bond acceptors (Lipinski definition) is 4. The van der Waals surface area contributed by atoms with Crippen LogP contribution in [0, 0.1) is 0 Å². The highest BCUT2D eigenvalue weighted by atomic mass is 16.5. The molecule has 0 radical (unpaired) electrons. The molecule has 0 aromatic carbocycles. The fourth-order valence-corrected chi connectivity index (χ4v) is 1.02. The fraction of sp³-hybridized carbons (Fsp3) is 0.929. The summed E-state index contributed by atoms with van der Waals surface area (Å²) in [4.78, 5) is 10.1. The van der Waals surface area contributed by atoms with Crippen molar-refractivity contribution in [1.82, 2.24) is 0 Å². The van der Waals surface area contributed by atoms with Gasteiger partial charge in [0.05, 0.1) is 18.8 Å². The Morgan fingerprint density at radius 3 is 1.94 bits per heavy atom. The molecule has 0 aromatic rings. The van der Waals surface area contributed by atoms with Gasteiger partial charge in [0.15, 0.2) is 0 Å². The van der Waals surface area contributed by atoms with Crippen LogP contribution in [0.3, 0.4) is 0 Å². The highest BCUT2D eigenvalue weighted by Gasteiger charge is 2.02. The molecule has 110 valence electrons. The molecule has 1 N–H and O–H groups in total. The van der Waals surface area contributed by atoms with E-state index in [0.717, 1.165) is 19.3 Å². The van der Waals surface area contributed by atoms with Crippen LogP contribution in [0.4, 0.5) is 0 Å². The van der Waals surface area contributed by atoms with Crippen LogP contribution in [0.25, 0.3) is 0 Å². The van der Waals surface area contributed by atoms with Crippen LogP contribution >= 0.6 is 0 Å². The lowest BCUT2D eigenvalue weighted by Gasteiger charge is -2.15. The second-order valence-electron chi connectivity index (χ2n) is 4.34. The number of aliphatic hydroxyl groups excluding tert-OH is 1. The molecule has 0 rings (SSSR count). The lowest BCUT2D eigenvalue weighted by molar-refractivity contribution is -0.141. The second-order valence-corrected chi connectivity index (χ2v) is 4.34. The Labute approximate surface area is 112 Å². The van der Waals surface area contributed by atoms with Crippen molar-refractivity contribution < 1.29 is 19.4 Å². The van der Waals surface area contributed by atoms with Crippen LogP contribution in [-0.4, -0.2) is 36.5 Å². The Morgan fingerprint density at radius 2 is 1.61 bits per heavy atom. The average molecular weight is 262 g/mol. The predicted octanol–water partition coefficient (Wildman–Crippen LogP) is 2.92. The fourth-order valence-electron chi connectivity index (χ4n) is 1.02. The van der Waals surface area contributed by atoms with E-state index in [1.165, 1.54) is 6.92 Å². The maximum Gasteiger partial charge on any atom is 0.302 e. The van der Waals surface area contributed by atoms with E-state index in [-0.39, 0.29) is 12.6 Å². The number of unbranched alkanes of at least 4 members (excludes halogenated alkanes) is 1. The summed E-state index contributed by atoms with van der Waals surface area (Å²) >= 11 is 0. The van der Waals surface area contributed by atoms with Crippen molar-refractivity contribution in [2.45, 2.75) is 72.5 Å². The summed E-state index contributed by atoms with van der Waals surface area (Å²) in [6, 6.07) is 0. The molecule has 0 spiro atoms. The lowest BCUT2D eigenvalue weighted by atomic mass is 10.3. The first kappa shape index (κ1) is 19.7. The van der Waals surface area contributed by atoms with Gasteiger partial charge in [0.1, 0.15) is 0 Å². The van der Waals surface area contributed by atoms with E-state index in [1.54, 1.807) is 0 Å². The molecule has 0 aliphatic rings. The van der Waals surface area contributed by atoms with Crippen LogP contribution in [0.1, 0.15) is 60.3 Å². The van der Waals surface area contributed by atoms with Crippen molar-refractivity contribution in [3.8, 4) is 0 Å². The second kappa shape index (κ2) is 14.5. The standard InChI is InChI=1S/C8H18O.C6H12O3/c1-5-7(3)9-8(4)6-2;1-6(8)9-5-3-2-4-7/h7-8H,5-6H2,1-4H3;7H,2-5H2,1H3. The molecule has 0 fully saturated rings. The largest absolute Gasteiger partial charge is 0.466 e. The first-order chi connectivity index (χ1) is 8.47. The van der Waals surface area contributed by atoms with Crippen LogP contribution in [0.15, 0.2) is 0 Å². The third kappa shape index (κ3) is 17.8. The molecule has 0 amide bonds. The molecule has 0 saturated carbocycles. The van der Waals surface area contributed by atoms with E-state index < -0.39 is 0 Å². The Morgan fingerprint density at radius 1 is 1.11 bits per heavy atom. The van der Waals surface area contributed by atoms with Gasteiger partial charge in [-0.15, -0.1) is 0 Å². The van der Waals surface area contributed by atoms with Crippen molar-refractivity contribution in [3.05, 3.63) is 0 Å². The van der Waals surface area contributed by atoms with E-state index in [1.807, 2.05) is 0 Å². The van der Waals surface area contributed by atoms with Crippen LogP contribution in [0.5, 0.6) is 0 Å². The van der Waals surface area contributed by atoms with Gasteiger partial charge in [-0.1, -0.05) is 13.8 Å². The molecule has 4 nitrogen and oxygen atoms in total. The van der Waals surface area contributed by atoms with Gasteiger partial charge in [0.25, 0.3) is 0 Å². The topological polar surface area (TPSA) is 55.8 Å². The summed E-state index contributed by atoms with van der Waals surface area (Å²) < 4.78 is 10.1. The Kier molecular flexibility index (Phi) is 15.8. The maximum atomic E-state index is 10.1. The Balaban J connectivity index is 0. The number of carbonyl (C=O) groups is 1. The van der Waals surface area contributed by atoms with Crippen molar-refractivity contribution in [3.63, 3.8) is 0 Å². The minimum atomic E-state index is -0.257. The van der Waals surface area contributed by atoms with Crippen LogP contribution < -0.4 is 0 Å². The number of aliphatic hydroxyl groups is 1. The summed E-state index contributed by atoms with van der Waals surface area (Å²) in [5.41, 5.74) is 0. The predicted molar refractivity (Wildman–Crippen MR) is 73.5 cm³/mol. The monoisotopic (exact) mass is 262 g/mol. The summed E-state index contributed by atoms with van der Waals surface area (Å²) in [6.45, 7) is 10.5. The number of rotatable bonds is 8. The highest BCUT2D eigenvalue weighted by Crippen LogP contribution is 2.03. The Hall–Kier alpha value is -0.610. The van der Waals surface area contributed by atoms with Crippen molar-refractivity contribution in [2.75, 3.05) is 13.2 Å². The van der Waals surface area contributed by atoms with Gasteiger partial charge >= 0.3 is 5.97 Å². The summed E-state index contributed by atoms with van der Waals surface area (Å²) in [7, 11) is 0. The zero-order valence-electron chi connectivity index (χ0n) is 12.6. The highest BCUT2D eigenvalue weighted by molar-refractivity contribution is 5.65. The van der Waals surface area contributed by atoms with E-state index in [2.05, 4.69) is 32.4 Å². The van der Waals surface area contributed by atoms with Gasteiger partial charge in [-0.2, -0.15) is 0 Å². The van der Waals surface area contributed by atoms with Gasteiger partial charge in [0, 0.05) is 13.5 Å². The minimum absolute atomic E-state index is 0.168. The third-order valence-corrected chi connectivity index (χ3v) is 2.47. The molecule has 0 aromatic heterocycles. The lowest BCUT2D eigenvalue weighted by Crippen LogP contribution is -2.14. The van der Waals surface area contributed by atoms with Gasteiger partial charge < -0.3 is 14.6 Å². The molecule has 4 heteroatoms. The molecule has 2 unspecified atom stereocenters. The molecule has 0 heterocycles. The molecule has 0 bridgehead atoms. The van der Waals surface area contributed by atoms with E-state index in [9.17, 15) is 4.79 Å². The zero-order chi connectivity index (χ0) is 14.4. The van der Waals surface area contributed by atoms with Gasteiger partial charge in [0.2, 0.25) is 0 Å². The van der Waals surface area contributed by atoms with Crippen LogP contribution in [0.2, 0.25) is 0 Å². The van der Waals surface area contributed by atoms with Crippen LogP contribution in [-0.2, 0) is 14.3 Å². The molecule has 2 atom stereocenters. The van der Waals surface area contributed by atoms with Crippen molar-refractivity contribution >= 4 is 5.97 Å². The molecule has 0 aliphatic heterocycles. The first-order valence-corrected chi connectivity index (χ1v) is 6.87. The van der Waals surface area contributed by atoms with Gasteiger partial charge in [-0.3, -0.25) is 4.79 Å². The number of ether oxygens (including phenoxy) is 2. The summed E-state index contributed by atoms with van der Waals surface area (Å²) in [5.74, 6) is -0.257. The zero-order valence-corrected chi connectivity index (χ0v) is 12.6. The average Bonchev–Trinajstić information content (AvgIpc) is 2.35. The molecular formula is C14H30O4. The molecule has 0 saturated heterocycles. The molecule has 0 aliphatic carbocycles. The number of carbonyl (C=O) groups excluding carboxylic acids is 1. The van der Waals surface area contributed by atoms with Gasteiger partial charge in [-0.25, -0.2) is 0 Å². The smallest absolute Gasteiger partial charge is 0.302 e. The van der Waals surface area contributed by atoms with Crippen molar-refractivity contribution in [1.29, 1.82) is 0 Å². The van der Waals surface area contributed by atoms with Gasteiger partial charge in [-0.05, 0) is 39.5 Å². The molecule has 18 heavy (non-hydrogen) atoms. The minimum Gasteiger partial charge on any atom is -0.466 e. The summed E-state index contributed by atoms with van der Waals surface area (Å²) in [5, 5.41) is 8.29. The quantitative estimate of drug-likeness (QED) is 0.540. The Bertz CT molecular complexity index is 175. The summed E-state index contributed by atoms with van der Waals surface area (Å²) in [6.07, 6.45) is 4.54. The van der Waals surface area contributed by atoms with Crippen molar-refractivity contribution in [2.24, 2.45) is 0 Å². The molecular weight excluding hydrogens is 232 g/mol. The maximum absolute atomic E-state index is 10.1. The van der Waals surface area contributed by atoms with E-state index in [4.69, 9.17) is 9.84 Å². The van der Waals surface area contributed by atoms with E-state index >= 15 is 0 Å².